The Morgan fingerprint density at radius 3 is 2.90 bits per heavy atom. The lowest BCUT2D eigenvalue weighted by Crippen LogP contribution is -2.38. The van der Waals surface area contributed by atoms with E-state index in [9.17, 15) is 4.79 Å². The minimum atomic E-state index is -0.0146. The molecule has 1 amide bonds. The molecule has 0 atom stereocenters. The fourth-order valence-corrected chi connectivity index (χ4v) is 2.62. The standard InChI is InChI=1S/C14H23N5O/c1-18-7-4-11(5-8-18)10-19(2)14(20)12-3-6-16-9-13(12)17-15/h3,6,9,11,17H,4-5,7-8,10,15H2,1-2H3. The molecule has 1 aliphatic heterocycles. The van der Waals surface area contributed by atoms with Crippen LogP contribution >= 0.6 is 0 Å². The van der Waals surface area contributed by atoms with Gasteiger partial charge in [0.05, 0.1) is 17.4 Å². The van der Waals surface area contributed by atoms with Crippen LogP contribution in [0.4, 0.5) is 5.69 Å². The summed E-state index contributed by atoms with van der Waals surface area (Å²) in [5.74, 6) is 5.99. The summed E-state index contributed by atoms with van der Waals surface area (Å²) in [6.07, 6.45) is 5.47. The Morgan fingerprint density at radius 2 is 2.25 bits per heavy atom. The molecule has 3 N–H and O–H groups in total. The number of hydrazine groups is 1. The van der Waals surface area contributed by atoms with E-state index >= 15 is 0 Å². The van der Waals surface area contributed by atoms with Crippen molar-refractivity contribution in [2.75, 3.05) is 39.2 Å². The van der Waals surface area contributed by atoms with Gasteiger partial charge in [0.15, 0.2) is 0 Å². The zero-order chi connectivity index (χ0) is 14.5. The second-order valence-electron chi connectivity index (χ2n) is 5.50. The first-order valence-electron chi connectivity index (χ1n) is 6.96. The zero-order valence-electron chi connectivity index (χ0n) is 12.2. The van der Waals surface area contributed by atoms with Crippen molar-refractivity contribution < 1.29 is 4.79 Å². The Labute approximate surface area is 119 Å². The zero-order valence-corrected chi connectivity index (χ0v) is 12.2. The van der Waals surface area contributed by atoms with Gasteiger partial charge in [-0.15, -0.1) is 0 Å². The monoisotopic (exact) mass is 277 g/mol. The van der Waals surface area contributed by atoms with Gasteiger partial charge in [-0.25, -0.2) is 0 Å². The van der Waals surface area contributed by atoms with Gasteiger partial charge >= 0.3 is 0 Å². The minimum absolute atomic E-state index is 0.0146. The fraction of sp³-hybridized carbons (Fsp3) is 0.571. The number of carbonyl (C=O) groups excluding carboxylic acids is 1. The van der Waals surface area contributed by atoms with Gasteiger partial charge in [0.25, 0.3) is 5.91 Å². The number of nitrogens with one attached hydrogen (secondary N) is 1. The average Bonchev–Trinajstić information content (AvgIpc) is 2.48. The van der Waals surface area contributed by atoms with Crippen molar-refractivity contribution in [1.29, 1.82) is 0 Å². The van der Waals surface area contributed by atoms with Gasteiger partial charge in [-0.05, 0) is 45.0 Å². The van der Waals surface area contributed by atoms with Crippen LogP contribution in [0.1, 0.15) is 23.2 Å². The maximum Gasteiger partial charge on any atom is 0.255 e. The molecule has 1 fully saturated rings. The normalized spacial score (nSPS) is 16.9. The van der Waals surface area contributed by atoms with E-state index in [0.717, 1.165) is 32.5 Å². The van der Waals surface area contributed by atoms with E-state index in [4.69, 9.17) is 5.84 Å². The maximum atomic E-state index is 12.5. The highest BCUT2D eigenvalue weighted by Crippen LogP contribution is 2.19. The molecule has 1 saturated heterocycles. The summed E-state index contributed by atoms with van der Waals surface area (Å²) < 4.78 is 0. The van der Waals surface area contributed by atoms with Crippen LogP contribution in [0.15, 0.2) is 18.5 Å². The third kappa shape index (κ3) is 3.46. The highest BCUT2D eigenvalue weighted by atomic mass is 16.2. The molecule has 20 heavy (non-hydrogen) atoms. The molecular formula is C14H23N5O. The second-order valence-corrected chi connectivity index (χ2v) is 5.50. The summed E-state index contributed by atoms with van der Waals surface area (Å²) in [5.41, 5.74) is 3.65. The van der Waals surface area contributed by atoms with Crippen LogP contribution in [0, 0.1) is 5.92 Å². The molecule has 0 unspecified atom stereocenters. The quantitative estimate of drug-likeness (QED) is 0.628. The molecule has 0 bridgehead atoms. The van der Waals surface area contributed by atoms with Gasteiger partial charge in [0, 0.05) is 19.8 Å². The summed E-state index contributed by atoms with van der Waals surface area (Å²) in [6, 6.07) is 1.70. The highest BCUT2D eigenvalue weighted by molar-refractivity contribution is 5.99. The van der Waals surface area contributed by atoms with Crippen LogP contribution in [-0.2, 0) is 0 Å². The van der Waals surface area contributed by atoms with Crippen LogP contribution < -0.4 is 11.3 Å². The Balaban J connectivity index is 1.98. The van der Waals surface area contributed by atoms with Crippen molar-refractivity contribution in [3.05, 3.63) is 24.0 Å². The van der Waals surface area contributed by atoms with Crippen LogP contribution in [0.5, 0.6) is 0 Å². The summed E-state index contributed by atoms with van der Waals surface area (Å²) in [5, 5.41) is 0. The molecule has 2 rings (SSSR count). The van der Waals surface area contributed by atoms with E-state index < -0.39 is 0 Å². The molecule has 0 saturated carbocycles. The molecular weight excluding hydrogens is 254 g/mol. The lowest BCUT2D eigenvalue weighted by atomic mass is 9.96. The number of likely N-dealkylation sites (tertiary alicyclic amines) is 1. The number of hydrogen-bond acceptors (Lipinski definition) is 5. The van der Waals surface area contributed by atoms with Crippen LogP contribution in [0.3, 0.4) is 0 Å². The molecule has 0 radical (unpaired) electrons. The van der Waals surface area contributed by atoms with Crippen molar-refractivity contribution in [1.82, 2.24) is 14.8 Å². The summed E-state index contributed by atoms with van der Waals surface area (Å²) in [4.78, 5) is 20.5. The number of amides is 1. The van der Waals surface area contributed by atoms with E-state index in [1.54, 1.807) is 23.4 Å². The Bertz CT molecular complexity index is 457. The van der Waals surface area contributed by atoms with Crippen molar-refractivity contribution in [3.63, 3.8) is 0 Å². The lowest BCUT2D eigenvalue weighted by molar-refractivity contribution is 0.0748. The number of carbonyl (C=O) groups is 1. The van der Waals surface area contributed by atoms with E-state index in [0.29, 0.717) is 17.2 Å². The first-order valence-corrected chi connectivity index (χ1v) is 6.96. The molecule has 6 nitrogen and oxygen atoms in total. The smallest absolute Gasteiger partial charge is 0.255 e. The van der Waals surface area contributed by atoms with Crippen LogP contribution in [0.25, 0.3) is 0 Å². The number of hydrogen-bond donors (Lipinski definition) is 2. The average molecular weight is 277 g/mol. The number of anilines is 1. The van der Waals surface area contributed by atoms with Gasteiger partial charge in [-0.3, -0.25) is 15.6 Å². The molecule has 6 heteroatoms. The predicted molar refractivity (Wildman–Crippen MR) is 79.2 cm³/mol. The molecule has 2 heterocycles. The summed E-state index contributed by atoms with van der Waals surface area (Å²) in [7, 11) is 3.99. The van der Waals surface area contributed by atoms with E-state index in [2.05, 4.69) is 22.4 Å². The van der Waals surface area contributed by atoms with Gasteiger partial charge < -0.3 is 15.2 Å². The predicted octanol–water partition coefficient (Wildman–Crippen LogP) is 0.781. The van der Waals surface area contributed by atoms with Crippen molar-refractivity contribution in [2.45, 2.75) is 12.8 Å². The summed E-state index contributed by atoms with van der Waals surface area (Å²) >= 11 is 0. The number of rotatable bonds is 4. The molecule has 1 aromatic heterocycles. The van der Waals surface area contributed by atoms with Crippen molar-refractivity contribution in [2.24, 2.45) is 11.8 Å². The number of nitrogen functional groups attached to an aromatic ring is 1. The third-order valence-electron chi connectivity index (χ3n) is 3.92. The molecule has 110 valence electrons. The molecule has 0 spiro atoms. The fourth-order valence-electron chi connectivity index (χ4n) is 2.62. The topological polar surface area (TPSA) is 74.5 Å². The lowest BCUT2D eigenvalue weighted by Gasteiger charge is -2.31. The first kappa shape index (κ1) is 14.7. The van der Waals surface area contributed by atoms with Gasteiger partial charge in [-0.2, -0.15) is 0 Å². The molecule has 1 aliphatic rings. The summed E-state index contributed by atoms with van der Waals surface area (Å²) in [6.45, 7) is 3.01. The Morgan fingerprint density at radius 1 is 1.55 bits per heavy atom. The molecule has 1 aromatic rings. The van der Waals surface area contributed by atoms with Gasteiger partial charge in [0.1, 0.15) is 0 Å². The third-order valence-corrected chi connectivity index (χ3v) is 3.92. The number of piperidine rings is 1. The van der Waals surface area contributed by atoms with E-state index in [-0.39, 0.29) is 5.91 Å². The first-order chi connectivity index (χ1) is 9.61. The largest absolute Gasteiger partial charge is 0.341 e. The van der Waals surface area contributed by atoms with E-state index in [1.165, 1.54) is 0 Å². The van der Waals surface area contributed by atoms with Crippen molar-refractivity contribution in [3.8, 4) is 0 Å². The Hall–Kier alpha value is -1.66. The maximum absolute atomic E-state index is 12.5. The van der Waals surface area contributed by atoms with Crippen LogP contribution in [0.2, 0.25) is 0 Å². The number of pyridine rings is 1. The van der Waals surface area contributed by atoms with Gasteiger partial charge in [-0.1, -0.05) is 0 Å². The Kier molecular flexibility index (Phi) is 4.92. The number of nitrogens with zero attached hydrogens (tertiary/aromatic N) is 3. The highest BCUT2D eigenvalue weighted by Gasteiger charge is 2.22. The molecule has 0 aromatic carbocycles. The second kappa shape index (κ2) is 6.67. The number of aromatic nitrogens is 1. The van der Waals surface area contributed by atoms with E-state index in [1.807, 2.05) is 7.05 Å². The van der Waals surface area contributed by atoms with Crippen LogP contribution in [-0.4, -0.2) is 54.4 Å². The van der Waals surface area contributed by atoms with Gasteiger partial charge in [0.2, 0.25) is 0 Å². The minimum Gasteiger partial charge on any atom is -0.341 e. The SMILES string of the molecule is CN1CCC(CN(C)C(=O)c2ccncc2NN)CC1. The number of nitrogens with two attached hydrogens (primary N) is 1. The molecule has 0 aliphatic carbocycles. The van der Waals surface area contributed by atoms with Crippen molar-refractivity contribution >= 4 is 11.6 Å².